The summed E-state index contributed by atoms with van der Waals surface area (Å²) in [5.74, 6) is 0.813. The number of para-hydroxylation sites is 1. The van der Waals surface area contributed by atoms with Crippen molar-refractivity contribution in [1.82, 2.24) is 20.4 Å². The number of nitrogens with one attached hydrogen (secondary N) is 2. The molecule has 0 amide bonds. The van der Waals surface area contributed by atoms with Crippen molar-refractivity contribution in [2.45, 2.75) is 39.0 Å². The van der Waals surface area contributed by atoms with E-state index in [0.717, 1.165) is 29.6 Å². The highest BCUT2D eigenvalue weighted by molar-refractivity contribution is 7.99. The number of aliphatic imine (C=N–C) groups is 1. The number of aromatic nitrogens is 2. The van der Waals surface area contributed by atoms with Gasteiger partial charge in [-0.2, -0.15) is 16.9 Å². The van der Waals surface area contributed by atoms with Crippen LogP contribution in [0.2, 0.25) is 0 Å². The van der Waals surface area contributed by atoms with Gasteiger partial charge in [0.1, 0.15) is 0 Å². The fourth-order valence-electron chi connectivity index (χ4n) is 2.51. The van der Waals surface area contributed by atoms with Crippen molar-refractivity contribution in [1.29, 1.82) is 0 Å². The molecule has 6 heteroatoms. The largest absolute Gasteiger partial charge is 0.355 e. The second kappa shape index (κ2) is 8.43. The monoisotopic (exact) mass is 359 g/mol. The standard InChI is InChI=1S/C19H29N5S/c1-14-17(12-21-18(20-5)22-13-19(3,4)25-6)15(2)24(23-14)16-10-8-7-9-11-16/h7-11H,12-13H2,1-6H3,(H2,20,21,22). The van der Waals surface area contributed by atoms with Crippen LogP contribution in [-0.2, 0) is 6.54 Å². The van der Waals surface area contributed by atoms with Crippen molar-refractivity contribution in [3.8, 4) is 5.69 Å². The van der Waals surface area contributed by atoms with Gasteiger partial charge in [0.05, 0.1) is 11.4 Å². The van der Waals surface area contributed by atoms with Crippen LogP contribution in [-0.4, -0.2) is 40.3 Å². The van der Waals surface area contributed by atoms with Gasteiger partial charge < -0.3 is 10.6 Å². The first-order chi connectivity index (χ1) is 11.9. The number of aryl methyl sites for hydroxylation is 1. The summed E-state index contributed by atoms with van der Waals surface area (Å²) in [6.45, 7) is 10.2. The number of hydrogen-bond acceptors (Lipinski definition) is 3. The molecule has 5 nitrogen and oxygen atoms in total. The summed E-state index contributed by atoms with van der Waals surface area (Å²) >= 11 is 1.84. The normalized spacial score (nSPS) is 12.3. The topological polar surface area (TPSA) is 54.2 Å². The maximum Gasteiger partial charge on any atom is 0.191 e. The Kier molecular flexibility index (Phi) is 6.53. The molecule has 0 aliphatic carbocycles. The Labute approximate surface area is 155 Å². The van der Waals surface area contributed by atoms with Gasteiger partial charge >= 0.3 is 0 Å². The number of thioether (sulfide) groups is 1. The molecule has 0 bridgehead atoms. The Morgan fingerprint density at radius 2 is 1.88 bits per heavy atom. The smallest absolute Gasteiger partial charge is 0.191 e. The molecule has 0 fully saturated rings. The molecular weight excluding hydrogens is 330 g/mol. The molecule has 2 rings (SSSR count). The minimum atomic E-state index is 0.168. The third kappa shape index (κ3) is 5.01. The Morgan fingerprint density at radius 1 is 1.20 bits per heavy atom. The van der Waals surface area contributed by atoms with E-state index in [-0.39, 0.29) is 4.75 Å². The van der Waals surface area contributed by atoms with Crippen molar-refractivity contribution < 1.29 is 0 Å². The molecule has 0 saturated carbocycles. The summed E-state index contributed by atoms with van der Waals surface area (Å²) in [6, 6.07) is 10.2. The molecule has 0 radical (unpaired) electrons. The zero-order chi connectivity index (χ0) is 18.4. The van der Waals surface area contributed by atoms with Gasteiger partial charge in [-0.1, -0.05) is 18.2 Å². The fraction of sp³-hybridized carbons (Fsp3) is 0.474. The lowest BCUT2D eigenvalue weighted by atomic mass is 10.2. The summed E-state index contributed by atoms with van der Waals surface area (Å²) < 4.78 is 2.17. The lowest BCUT2D eigenvalue weighted by Crippen LogP contribution is -2.43. The van der Waals surface area contributed by atoms with E-state index in [9.17, 15) is 0 Å². The maximum absolute atomic E-state index is 4.70. The van der Waals surface area contributed by atoms with Crippen molar-refractivity contribution in [3.05, 3.63) is 47.3 Å². The fourth-order valence-corrected chi connectivity index (χ4v) is 2.73. The van der Waals surface area contributed by atoms with Crippen LogP contribution in [0.4, 0.5) is 0 Å². The van der Waals surface area contributed by atoms with E-state index in [4.69, 9.17) is 5.10 Å². The van der Waals surface area contributed by atoms with Crippen molar-refractivity contribution >= 4 is 17.7 Å². The summed E-state index contributed by atoms with van der Waals surface area (Å²) in [4.78, 5) is 4.32. The van der Waals surface area contributed by atoms with Gasteiger partial charge in [-0.15, -0.1) is 0 Å². The van der Waals surface area contributed by atoms with E-state index in [0.29, 0.717) is 6.54 Å². The second-order valence-electron chi connectivity index (χ2n) is 6.64. The van der Waals surface area contributed by atoms with E-state index in [1.807, 2.05) is 34.6 Å². The predicted octanol–water partition coefficient (Wildman–Crippen LogP) is 3.30. The van der Waals surface area contributed by atoms with Crippen LogP contribution in [0, 0.1) is 13.8 Å². The molecule has 1 heterocycles. The molecule has 0 aliphatic rings. The number of rotatable bonds is 6. The van der Waals surface area contributed by atoms with Gasteiger partial charge in [-0.05, 0) is 46.1 Å². The third-order valence-corrected chi connectivity index (χ3v) is 5.58. The molecular formula is C19H29N5S. The van der Waals surface area contributed by atoms with E-state index in [1.165, 1.54) is 5.56 Å². The predicted molar refractivity (Wildman–Crippen MR) is 109 cm³/mol. The zero-order valence-electron chi connectivity index (χ0n) is 16.1. The van der Waals surface area contributed by atoms with Gasteiger partial charge in [0.15, 0.2) is 5.96 Å². The van der Waals surface area contributed by atoms with E-state index in [1.54, 1.807) is 7.05 Å². The van der Waals surface area contributed by atoms with Gasteiger partial charge in [-0.3, -0.25) is 4.99 Å². The summed E-state index contributed by atoms with van der Waals surface area (Å²) in [5.41, 5.74) is 4.47. The average molecular weight is 360 g/mol. The maximum atomic E-state index is 4.70. The molecule has 0 aliphatic heterocycles. The van der Waals surface area contributed by atoms with E-state index in [2.05, 4.69) is 61.7 Å². The summed E-state index contributed by atoms with van der Waals surface area (Å²) in [6.07, 6.45) is 2.13. The van der Waals surface area contributed by atoms with E-state index >= 15 is 0 Å². The first-order valence-corrected chi connectivity index (χ1v) is 9.70. The van der Waals surface area contributed by atoms with Gasteiger partial charge in [0.25, 0.3) is 0 Å². The molecule has 1 aromatic carbocycles. The molecule has 2 aromatic rings. The van der Waals surface area contributed by atoms with Gasteiger partial charge in [0, 0.05) is 36.1 Å². The van der Waals surface area contributed by atoms with Crippen LogP contribution in [0.25, 0.3) is 5.69 Å². The minimum absolute atomic E-state index is 0.168. The SMILES string of the molecule is CN=C(NCc1c(C)nn(-c2ccccc2)c1C)NCC(C)(C)SC. The summed E-state index contributed by atoms with van der Waals surface area (Å²) in [5, 5.41) is 11.5. The highest BCUT2D eigenvalue weighted by Gasteiger charge is 2.17. The Morgan fingerprint density at radius 3 is 2.48 bits per heavy atom. The average Bonchev–Trinajstić information content (AvgIpc) is 2.90. The third-order valence-electron chi connectivity index (χ3n) is 4.33. The second-order valence-corrected chi connectivity index (χ2v) is 8.15. The molecule has 0 saturated heterocycles. The molecule has 0 atom stereocenters. The van der Waals surface area contributed by atoms with Crippen LogP contribution in [0.5, 0.6) is 0 Å². The first-order valence-electron chi connectivity index (χ1n) is 8.48. The molecule has 136 valence electrons. The number of hydrogen-bond donors (Lipinski definition) is 2. The molecule has 2 N–H and O–H groups in total. The molecule has 0 spiro atoms. The Bertz CT molecular complexity index is 719. The van der Waals surface area contributed by atoms with Crippen molar-refractivity contribution in [3.63, 3.8) is 0 Å². The quantitative estimate of drug-likeness (QED) is 0.614. The van der Waals surface area contributed by atoms with Crippen molar-refractivity contribution in [2.75, 3.05) is 19.8 Å². The van der Waals surface area contributed by atoms with Crippen LogP contribution in [0.3, 0.4) is 0 Å². The van der Waals surface area contributed by atoms with Crippen LogP contribution in [0.1, 0.15) is 30.8 Å². The van der Waals surface area contributed by atoms with E-state index < -0.39 is 0 Å². The lowest BCUT2D eigenvalue weighted by molar-refractivity contribution is 0.664. The highest BCUT2D eigenvalue weighted by atomic mass is 32.2. The van der Waals surface area contributed by atoms with Crippen LogP contribution >= 0.6 is 11.8 Å². The summed E-state index contributed by atoms with van der Waals surface area (Å²) in [7, 11) is 1.80. The number of benzene rings is 1. The first kappa shape index (κ1) is 19.4. The Balaban J connectivity index is 2.07. The minimum Gasteiger partial charge on any atom is -0.355 e. The highest BCUT2D eigenvalue weighted by Crippen LogP contribution is 2.20. The zero-order valence-corrected chi connectivity index (χ0v) is 16.9. The Hall–Kier alpha value is -1.95. The van der Waals surface area contributed by atoms with Crippen molar-refractivity contribution in [2.24, 2.45) is 4.99 Å². The van der Waals surface area contributed by atoms with Gasteiger partial charge in [-0.25, -0.2) is 4.68 Å². The number of nitrogens with zero attached hydrogens (tertiary/aromatic N) is 3. The molecule has 0 unspecified atom stereocenters. The van der Waals surface area contributed by atoms with Gasteiger partial charge in [0.2, 0.25) is 0 Å². The number of guanidine groups is 1. The lowest BCUT2D eigenvalue weighted by Gasteiger charge is -2.23. The molecule has 1 aromatic heterocycles. The molecule has 25 heavy (non-hydrogen) atoms. The van der Waals surface area contributed by atoms with Crippen LogP contribution < -0.4 is 10.6 Å². The van der Waals surface area contributed by atoms with Crippen LogP contribution in [0.15, 0.2) is 35.3 Å².